The van der Waals surface area contributed by atoms with Gasteiger partial charge in [0.15, 0.2) is 0 Å². The molecule has 0 amide bonds. The van der Waals surface area contributed by atoms with Crippen molar-refractivity contribution >= 4 is 5.76 Å². The van der Waals surface area contributed by atoms with Crippen LogP contribution in [0.2, 0.25) is 0 Å². The van der Waals surface area contributed by atoms with Crippen molar-refractivity contribution in [1.29, 1.82) is 0 Å². The van der Waals surface area contributed by atoms with Gasteiger partial charge in [-0.2, -0.15) is 0 Å². The Morgan fingerprint density at radius 3 is 2.17 bits per heavy atom. The predicted octanol–water partition coefficient (Wildman–Crippen LogP) is 2.58. The van der Waals surface area contributed by atoms with E-state index in [-0.39, 0.29) is 5.76 Å². The molecular formula is C9H8F2O. The van der Waals surface area contributed by atoms with Gasteiger partial charge >= 0.3 is 0 Å². The summed E-state index contributed by atoms with van der Waals surface area (Å²) in [5.74, 6) is -1.03. The third kappa shape index (κ3) is 1.81. The summed E-state index contributed by atoms with van der Waals surface area (Å²) in [6, 6.07) is 3.12. The fourth-order valence-corrected chi connectivity index (χ4v) is 0.833. The van der Waals surface area contributed by atoms with Gasteiger partial charge in [0.25, 0.3) is 0 Å². The van der Waals surface area contributed by atoms with Gasteiger partial charge in [0.2, 0.25) is 0 Å². The summed E-state index contributed by atoms with van der Waals surface area (Å²) in [5, 5.41) is 0. The van der Waals surface area contributed by atoms with Gasteiger partial charge in [0.1, 0.15) is 17.4 Å². The number of benzene rings is 1. The second-order valence-electron chi connectivity index (χ2n) is 2.29. The van der Waals surface area contributed by atoms with Gasteiger partial charge in [-0.1, -0.05) is 6.58 Å². The Kier molecular flexibility index (Phi) is 2.43. The van der Waals surface area contributed by atoms with Crippen LogP contribution in [0.25, 0.3) is 5.76 Å². The number of ether oxygens (including phenoxy) is 1. The van der Waals surface area contributed by atoms with Crippen molar-refractivity contribution in [2.45, 2.75) is 0 Å². The van der Waals surface area contributed by atoms with Crippen LogP contribution in [-0.2, 0) is 4.74 Å². The summed E-state index contributed by atoms with van der Waals surface area (Å²) >= 11 is 0. The summed E-state index contributed by atoms with van der Waals surface area (Å²) in [6.45, 7) is 3.47. The predicted molar refractivity (Wildman–Crippen MR) is 42.4 cm³/mol. The maximum Gasteiger partial charge on any atom is 0.126 e. The van der Waals surface area contributed by atoms with Gasteiger partial charge < -0.3 is 4.74 Å². The number of rotatable bonds is 2. The molecule has 0 aliphatic heterocycles. The Morgan fingerprint density at radius 2 is 1.75 bits per heavy atom. The van der Waals surface area contributed by atoms with Crippen LogP contribution in [0.15, 0.2) is 24.8 Å². The summed E-state index contributed by atoms with van der Waals surface area (Å²) in [5.41, 5.74) is 0.315. The first-order valence-corrected chi connectivity index (χ1v) is 3.33. The molecule has 1 nitrogen and oxygen atoms in total. The van der Waals surface area contributed by atoms with E-state index in [1.165, 1.54) is 7.11 Å². The van der Waals surface area contributed by atoms with Crippen molar-refractivity contribution in [2.24, 2.45) is 0 Å². The standard InChI is InChI=1S/C9H8F2O/c1-6(12-2)7-3-8(10)5-9(11)4-7/h3-5H,1H2,2H3. The molecule has 0 radical (unpaired) electrons. The van der Waals surface area contributed by atoms with Gasteiger partial charge in [-0.05, 0) is 12.1 Å². The molecule has 0 saturated heterocycles. The van der Waals surface area contributed by atoms with E-state index < -0.39 is 11.6 Å². The van der Waals surface area contributed by atoms with Crippen LogP contribution in [-0.4, -0.2) is 7.11 Å². The van der Waals surface area contributed by atoms with Gasteiger partial charge in [0, 0.05) is 11.6 Å². The number of hydrogen-bond acceptors (Lipinski definition) is 1. The first kappa shape index (κ1) is 8.71. The van der Waals surface area contributed by atoms with Crippen LogP contribution in [0, 0.1) is 11.6 Å². The molecule has 1 aromatic rings. The van der Waals surface area contributed by atoms with E-state index in [1.807, 2.05) is 0 Å². The summed E-state index contributed by atoms with van der Waals surface area (Å²) in [7, 11) is 1.39. The summed E-state index contributed by atoms with van der Waals surface area (Å²) in [4.78, 5) is 0. The second kappa shape index (κ2) is 3.34. The molecule has 12 heavy (non-hydrogen) atoms. The number of methoxy groups -OCH3 is 1. The molecule has 0 bridgehead atoms. The van der Waals surface area contributed by atoms with Crippen LogP contribution in [0.1, 0.15) is 5.56 Å². The maximum atomic E-state index is 12.6. The highest BCUT2D eigenvalue weighted by molar-refractivity contribution is 5.57. The fourth-order valence-electron chi connectivity index (χ4n) is 0.833. The molecule has 0 atom stereocenters. The highest BCUT2D eigenvalue weighted by atomic mass is 19.1. The Hall–Kier alpha value is -1.38. The lowest BCUT2D eigenvalue weighted by molar-refractivity contribution is 0.370. The van der Waals surface area contributed by atoms with Crippen molar-refractivity contribution in [1.82, 2.24) is 0 Å². The van der Waals surface area contributed by atoms with E-state index in [9.17, 15) is 8.78 Å². The zero-order chi connectivity index (χ0) is 9.14. The lowest BCUT2D eigenvalue weighted by Gasteiger charge is -2.03. The Balaban J connectivity index is 3.08. The van der Waals surface area contributed by atoms with E-state index in [0.717, 1.165) is 18.2 Å². The molecule has 1 aromatic carbocycles. The monoisotopic (exact) mass is 170 g/mol. The smallest absolute Gasteiger partial charge is 0.126 e. The van der Waals surface area contributed by atoms with Gasteiger partial charge in [0.05, 0.1) is 7.11 Å². The molecular weight excluding hydrogens is 162 g/mol. The van der Waals surface area contributed by atoms with E-state index in [1.54, 1.807) is 0 Å². The van der Waals surface area contributed by atoms with Crippen LogP contribution >= 0.6 is 0 Å². The molecule has 1 rings (SSSR count). The van der Waals surface area contributed by atoms with Crippen molar-refractivity contribution in [3.63, 3.8) is 0 Å². The highest BCUT2D eigenvalue weighted by Crippen LogP contribution is 2.15. The second-order valence-corrected chi connectivity index (χ2v) is 2.29. The van der Waals surface area contributed by atoms with E-state index >= 15 is 0 Å². The fraction of sp³-hybridized carbons (Fsp3) is 0.111. The summed E-state index contributed by atoms with van der Waals surface area (Å²) < 4.78 is 29.9. The molecule has 0 unspecified atom stereocenters. The first-order valence-electron chi connectivity index (χ1n) is 3.33. The van der Waals surface area contributed by atoms with Crippen molar-refractivity contribution in [3.8, 4) is 0 Å². The molecule has 3 heteroatoms. The topological polar surface area (TPSA) is 9.23 Å². The van der Waals surface area contributed by atoms with E-state index in [0.29, 0.717) is 5.56 Å². The summed E-state index contributed by atoms with van der Waals surface area (Å²) in [6.07, 6.45) is 0. The Labute approximate surface area is 69.3 Å². The molecule has 0 fully saturated rings. The minimum atomic E-state index is -0.636. The van der Waals surface area contributed by atoms with Gasteiger partial charge in [-0.15, -0.1) is 0 Å². The first-order chi connectivity index (χ1) is 5.63. The van der Waals surface area contributed by atoms with E-state index in [2.05, 4.69) is 6.58 Å². The Bertz CT molecular complexity index is 287. The van der Waals surface area contributed by atoms with Crippen LogP contribution in [0.3, 0.4) is 0 Å². The van der Waals surface area contributed by atoms with Crippen LogP contribution in [0.5, 0.6) is 0 Å². The number of hydrogen-bond donors (Lipinski definition) is 0. The van der Waals surface area contributed by atoms with Gasteiger partial charge in [-0.3, -0.25) is 0 Å². The lowest BCUT2D eigenvalue weighted by atomic mass is 10.2. The average molecular weight is 170 g/mol. The largest absolute Gasteiger partial charge is 0.497 e. The molecule has 0 saturated carbocycles. The molecule has 64 valence electrons. The Morgan fingerprint density at radius 1 is 1.25 bits per heavy atom. The van der Waals surface area contributed by atoms with Crippen LogP contribution in [0.4, 0.5) is 8.78 Å². The zero-order valence-corrected chi connectivity index (χ0v) is 6.60. The van der Waals surface area contributed by atoms with Crippen LogP contribution < -0.4 is 0 Å². The minimum Gasteiger partial charge on any atom is -0.497 e. The van der Waals surface area contributed by atoms with E-state index in [4.69, 9.17) is 4.74 Å². The molecule has 0 N–H and O–H groups in total. The normalized spacial score (nSPS) is 9.58. The SMILES string of the molecule is C=C(OC)c1cc(F)cc(F)c1. The molecule has 0 aliphatic rings. The molecule has 0 aliphatic carbocycles. The third-order valence-corrected chi connectivity index (χ3v) is 1.43. The zero-order valence-electron chi connectivity index (χ0n) is 6.60. The van der Waals surface area contributed by atoms with Crippen molar-refractivity contribution in [2.75, 3.05) is 7.11 Å². The minimum absolute atomic E-state index is 0.244. The quantitative estimate of drug-likeness (QED) is 0.620. The highest BCUT2D eigenvalue weighted by Gasteiger charge is 2.03. The van der Waals surface area contributed by atoms with Gasteiger partial charge in [-0.25, -0.2) is 8.78 Å². The molecule has 0 heterocycles. The number of halogens is 2. The van der Waals surface area contributed by atoms with Crippen molar-refractivity contribution in [3.05, 3.63) is 42.0 Å². The molecule has 0 spiro atoms. The maximum absolute atomic E-state index is 12.6. The molecule has 0 aromatic heterocycles. The average Bonchev–Trinajstić information content (AvgIpc) is 2.01. The third-order valence-electron chi connectivity index (χ3n) is 1.43. The van der Waals surface area contributed by atoms with Crippen molar-refractivity contribution < 1.29 is 13.5 Å². The lowest BCUT2D eigenvalue weighted by Crippen LogP contribution is -1.88.